The Bertz CT molecular complexity index is 628. The first-order valence-corrected chi connectivity index (χ1v) is 8.54. The fourth-order valence-corrected chi connectivity index (χ4v) is 3.89. The van der Waals surface area contributed by atoms with E-state index in [1.165, 1.54) is 5.57 Å². The Hall–Kier alpha value is -1.65. The molecule has 5 heteroatoms. The van der Waals surface area contributed by atoms with Crippen molar-refractivity contribution in [3.05, 3.63) is 23.4 Å². The number of hydrogen-bond donors (Lipinski definition) is 0. The first kappa shape index (κ1) is 16.2. The summed E-state index contributed by atoms with van der Waals surface area (Å²) in [5.41, 5.74) is 1.36. The Balaban J connectivity index is 1.69. The van der Waals surface area contributed by atoms with Gasteiger partial charge in [-0.05, 0) is 38.0 Å². The maximum absolute atomic E-state index is 13.0. The van der Waals surface area contributed by atoms with E-state index in [1.54, 1.807) is 6.92 Å². The molecule has 1 amide bonds. The minimum atomic E-state index is 0.0734. The molecule has 2 aliphatic rings. The average molecular weight is 317 g/mol. The van der Waals surface area contributed by atoms with Gasteiger partial charge in [-0.15, -0.1) is 0 Å². The molecule has 5 nitrogen and oxygen atoms in total. The Morgan fingerprint density at radius 3 is 2.74 bits per heavy atom. The second-order valence-electron chi connectivity index (χ2n) is 7.86. The highest BCUT2D eigenvalue weighted by molar-refractivity contribution is 5.84. The Morgan fingerprint density at radius 1 is 1.39 bits per heavy atom. The highest BCUT2D eigenvalue weighted by Crippen LogP contribution is 2.60. The van der Waals surface area contributed by atoms with Crippen LogP contribution in [-0.2, 0) is 4.79 Å². The van der Waals surface area contributed by atoms with Crippen molar-refractivity contribution in [2.45, 2.75) is 53.4 Å². The van der Waals surface area contributed by atoms with Crippen LogP contribution in [0.15, 0.2) is 16.2 Å². The van der Waals surface area contributed by atoms with Crippen LogP contribution < -0.4 is 0 Å². The van der Waals surface area contributed by atoms with Gasteiger partial charge in [-0.2, -0.15) is 4.98 Å². The van der Waals surface area contributed by atoms with Crippen LogP contribution in [0.5, 0.6) is 0 Å². The third-order valence-electron chi connectivity index (χ3n) is 5.33. The molecule has 1 saturated carbocycles. The van der Waals surface area contributed by atoms with Crippen molar-refractivity contribution >= 4 is 5.91 Å². The lowest BCUT2D eigenvalue weighted by Crippen LogP contribution is -2.41. The first-order chi connectivity index (χ1) is 10.8. The monoisotopic (exact) mass is 317 g/mol. The van der Waals surface area contributed by atoms with E-state index in [2.05, 4.69) is 43.9 Å². The summed E-state index contributed by atoms with van der Waals surface area (Å²) in [5, 5.41) is 4.04. The first-order valence-electron chi connectivity index (χ1n) is 8.54. The van der Waals surface area contributed by atoms with Gasteiger partial charge < -0.3 is 9.42 Å². The van der Waals surface area contributed by atoms with Crippen molar-refractivity contribution in [3.63, 3.8) is 0 Å². The summed E-state index contributed by atoms with van der Waals surface area (Å²) in [7, 11) is 0. The molecule has 3 rings (SSSR count). The summed E-state index contributed by atoms with van der Waals surface area (Å²) in [6.07, 6.45) is 4.28. The molecule has 23 heavy (non-hydrogen) atoms. The van der Waals surface area contributed by atoms with Crippen LogP contribution in [0.1, 0.15) is 58.2 Å². The number of aryl methyl sites for hydroxylation is 1. The van der Waals surface area contributed by atoms with Crippen molar-refractivity contribution < 1.29 is 9.32 Å². The zero-order valence-corrected chi connectivity index (χ0v) is 14.8. The van der Waals surface area contributed by atoms with Gasteiger partial charge in [0.25, 0.3) is 0 Å². The molecule has 3 atom stereocenters. The maximum Gasteiger partial charge on any atom is 0.226 e. The second kappa shape index (κ2) is 5.77. The van der Waals surface area contributed by atoms with E-state index in [9.17, 15) is 4.79 Å². The van der Waals surface area contributed by atoms with Crippen LogP contribution in [0.2, 0.25) is 0 Å². The maximum atomic E-state index is 13.0. The van der Waals surface area contributed by atoms with E-state index in [-0.39, 0.29) is 17.3 Å². The van der Waals surface area contributed by atoms with Gasteiger partial charge in [0.05, 0.1) is 5.92 Å². The largest absolute Gasteiger partial charge is 0.342 e. The third kappa shape index (κ3) is 3.06. The third-order valence-corrected chi connectivity index (χ3v) is 5.33. The number of aromatic nitrogens is 2. The van der Waals surface area contributed by atoms with E-state index >= 15 is 0 Å². The molecule has 2 fully saturated rings. The predicted molar refractivity (Wildman–Crippen MR) is 87.8 cm³/mol. The van der Waals surface area contributed by atoms with Gasteiger partial charge in [-0.3, -0.25) is 4.79 Å². The summed E-state index contributed by atoms with van der Waals surface area (Å²) in [6.45, 7) is 12.0. The SMILES string of the molecule is CC(C)=CC1C(C(=O)N2CCCC(c3noc(C)n3)C2)C1(C)C. The predicted octanol–water partition coefficient (Wildman–Crippen LogP) is 3.32. The van der Waals surface area contributed by atoms with Gasteiger partial charge in [0, 0.05) is 25.9 Å². The summed E-state index contributed by atoms with van der Waals surface area (Å²) in [4.78, 5) is 19.3. The lowest BCUT2D eigenvalue weighted by Gasteiger charge is -2.31. The fourth-order valence-electron chi connectivity index (χ4n) is 3.89. The molecule has 1 aliphatic carbocycles. The molecule has 0 spiro atoms. The van der Waals surface area contributed by atoms with Crippen LogP contribution in [0, 0.1) is 24.2 Å². The van der Waals surface area contributed by atoms with E-state index in [4.69, 9.17) is 4.52 Å². The quantitative estimate of drug-likeness (QED) is 0.802. The van der Waals surface area contributed by atoms with Crippen LogP contribution in [-0.4, -0.2) is 34.0 Å². The molecule has 1 aliphatic heterocycles. The van der Waals surface area contributed by atoms with Gasteiger partial charge in [0.2, 0.25) is 11.8 Å². The normalized spacial score (nSPS) is 29.3. The summed E-state index contributed by atoms with van der Waals surface area (Å²) >= 11 is 0. The van der Waals surface area contributed by atoms with E-state index in [1.807, 2.05) is 4.90 Å². The second-order valence-corrected chi connectivity index (χ2v) is 7.86. The highest BCUT2D eigenvalue weighted by Gasteiger charge is 2.61. The fraction of sp³-hybridized carbons (Fsp3) is 0.722. The van der Waals surface area contributed by atoms with Crippen LogP contribution >= 0.6 is 0 Å². The topological polar surface area (TPSA) is 59.2 Å². The highest BCUT2D eigenvalue weighted by atomic mass is 16.5. The number of amides is 1. The number of piperidine rings is 1. The standard InChI is InChI=1S/C18H27N3O2/c1-11(2)9-14-15(18(14,4)5)17(22)21-8-6-7-13(10-21)16-19-12(3)23-20-16/h9,13-15H,6-8,10H2,1-5H3. The van der Waals surface area contributed by atoms with Crippen molar-refractivity contribution in [2.24, 2.45) is 17.3 Å². The lowest BCUT2D eigenvalue weighted by molar-refractivity contribution is -0.134. The number of hydrogen-bond acceptors (Lipinski definition) is 4. The van der Waals surface area contributed by atoms with Gasteiger partial charge in [0.1, 0.15) is 0 Å². The average Bonchev–Trinajstić information content (AvgIpc) is 2.84. The zero-order valence-electron chi connectivity index (χ0n) is 14.8. The van der Waals surface area contributed by atoms with Crippen LogP contribution in [0.4, 0.5) is 0 Å². The van der Waals surface area contributed by atoms with Crippen LogP contribution in [0.25, 0.3) is 0 Å². The van der Waals surface area contributed by atoms with Crippen LogP contribution in [0.3, 0.4) is 0 Å². The number of carbonyl (C=O) groups is 1. The number of carbonyl (C=O) groups excluding carboxylic acids is 1. The number of likely N-dealkylation sites (tertiary alicyclic amines) is 1. The number of nitrogens with zero attached hydrogens (tertiary/aromatic N) is 3. The molecule has 0 N–H and O–H groups in total. The molecule has 0 aromatic carbocycles. The smallest absolute Gasteiger partial charge is 0.226 e. The molecule has 1 saturated heterocycles. The van der Waals surface area contributed by atoms with Gasteiger partial charge in [-0.25, -0.2) is 0 Å². The van der Waals surface area contributed by atoms with Crippen molar-refractivity contribution in [1.82, 2.24) is 15.0 Å². The minimum Gasteiger partial charge on any atom is -0.342 e. The van der Waals surface area contributed by atoms with E-state index in [0.29, 0.717) is 24.3 Å². The Morgan fingerprint density at radius 2 is 2.13 bits per heavy atom. The molecular weight excluding hydrogens is 290 g/mol. The van der Waals surface area contributed by atoms with Crippen molar-refractivity contribution in [1.29, 1.82) is 0 Å². The molecule has 2 heterocycles. The van der Waals surface area contributed by atoms with Gasteiger partial charge in [-0.1, -0.05) is 30.7 Å². The molecule has 126 valence electrons. The minimum absolute atomic E-state index is 0.0734. The van der Waals surface area contributed by atoms with Gasteiger partial charge in [0.15, 0.2) is 5.82 Å². The Labute approximate surface area is 138 Å². The molecule has 0 radical (unpaired) electrons. The van der Waals surface area contributed by atoms with Crippen molar-refractivity contribution in [3.8, 4) is 0 Å². The molecule has 1 aromatic rings. The number of allylic oxidation sites excluding steroid dienone is 2. The molecule has 1 aromatic heterocycles. The summed E-state index contributed by atoms with van der Waals surface area (Å²) in [6, 6.07) is 0. The van der Waals surface area contributed by atoms with Crippen molar-refractivity contribution in [2.75, 3.05) is 13.1 Å². The summed E-state index contributed by atoms with van der Waals surface area (Å²) in [5.74, 6) is 2.32. The molecule has 0 bridgehead atoms. The molecular formula is C18H27N3O2. The summed E-state index contributed by atoms with van der Waals surface area (Å²) < 4.78 is 5.09. The van der Waals surface area contributed by atoms with E-state index in [0.717, 1.165) is 25.2 Å². The lowest BCUT2D eigenvalue weighted by atomic mass is 9.96. The zero-order chi connectivity index (χ0) is 16.8. The molecule has 3 unspecified atom stereocenters. The Kier molecular flexibility index (Phi) is 4.07. The van der Waals surface area contributed by atoms with Gasteiger partial charge >= 0.3 is 0 Å². The number of rotatable bonds is 3. The van der Waals surface area contributed by atoms with E-state index < -0.39 is 0 Å².